The number of carbonyl (C=O) groups is 2. The van der Waals surface area contributed by atoms with Crippen LogP contribution in [0.15, 0.2) is 59.2 Å². The molecule has 0 saturated heterocycles. The second kappa shape index (κ2) is 7.46. The van der Waals surface area contributed by atoms with Crippen molar-refractivity contribution in [2.45, 2.75) is 19.0 Å². The predicted molar refractivity (Wildman–Crippen MR) is 97.5 cm³/mol. The maximum atomic E-state index is 14.0. The number of halogens is 3. The largest absolute Gasteiger partial charge is 0.459 e. The highest BCUT2D eigenvalue weighted by Gasteiger charge is 2.36. The molecule has 8 heteroatoms. The van der Waals surface area contributed by atoms with Gasteiger partial charge in [-0.05, 0) is 35.4 Å². The van der Waals surface area contributed by atoms with Gasteiger partial charge >= 0.3 is 0 Å². The molecular formula is C21H15F3N2O3. The first-order valence-electron chi connectivity index (χ1n) is 8.81. The van der Waals surface area contributed by atoms with Crippen LogP contribution in [-0.2, 0) is 17.8 Å². The molecule has 0 unspecified atom stereocenters. The molecule has 0 bridgehead atoms. The molecule has 0 fully saturated rings. The Balaban J connectivity index is 1.66. The number of anilines is 1. The highest BCUT2D eigenvalue weighted by atomic mass is 19.2. The molecule has 3 aromatic rings. The average Bonchev–Trinajstić information content (AvgIpc) is 3.27. The number of amides is 2. The fourth-order valence-electron chi connectivity index (χ4n) is 3.35. The van der Waals surface area contributed by atoms with Gasteiger partial charge in [-0.15, -0.1) is 0 Å². The van der Waals surface area contributed by atoms with Gasteiger partial charge < -0.3 is 14.6 Å². The maximum Gasteiger partial charge on any atom is 0.290 e. The predicted octanol–water partition coefficient (Wildman–Crippen LogP) is 3.90. The highest BCUT2D eigenvalue weighted by molar-refractivity contribution is 6.00. The molecule has 148 valence electrons. The Bertz CT molecular complexity index is 1080. The van der Waals surface area contributed by atoms with Gasteiger partial charge in [0.25, 0.3) is 5.91 Å². The number of nitrogens with one attached hydrogen (secondary N) is 1. The molecule has 2 aromatic carbocycles. The molecule has 5 nitrogen and oxygen atoms in total. The summed E-state index contributed by atoms with van der Waals surface area (Å²) in [6, 6.07) is 11.0. The van der Waals surface area contributed by atoms with Crippen molar-refractivity contribution in [3.8, 4) is 0 Å². The second-order valence-electron chi connectivity index (χ2n) is 6.61. The van der Waals surface area contributed by atoms with E-state index in [1.54, 1.807) is 6.07 Å². The molecule has 0 spiro atoms. The van der Waals surface area contributed by atoms with Gasteiger partial charge in [0.15, 0.2) is 23.2 Å². The second-order valence-corrected chi connectivity index (χ2v) is 6.61. The van der Waals surface area contributed by atoms with Gasteiger partial charge in [-0.25, -0.2) is 13.2 Å². The number of furan rings is 1. The molecule has 0 saturated carbocycles. The van der Waals surface area contributed by atoms with E-state index in [1.165, 1.54) is 17.2 Å². The summed E-state index contributed by atoms with van der Waals surface area (Å²) in [6.07, 6.45) is 1.52. The Labute approximate surface area is 163 Å². The molecule has 0 aliphatic carbocycles. The Hall–Kier alpha value is -3.55. The first kappa shape index (κ1) is 18.8. The van der Waals surface area contributed by atoms with Crippen molar-refractivity contribution in [1.82, 2.24) is 4.90 Å². The van der Waals surface area contributed by atoms with Crippen LogP contribution in [-0.4, -0.2) is 22.8 Å². The lowest BCUT2D eigenvalue weighted by Crippen LogP contribution is -2.50. The van der Waals surface area contributed by atoms with E-state index in [0.29, 0.717) is 0 Å². The Morgan fingerprint density at radius 2 is 1.72 bits per heavy atom. The lowest BCUT2D eigenvalue weighted by atomic mass is 9.93. The third kappa shape index (κ3) is 3.49. The lowest BCUT2D eigenvalue weighted by Gasteiger charge is -2.35. The summed E-state index contributed by atoms with van der Waals surface area (Å²) < 4.78 is 45.8. The van der Waals surface area contributed by atoms with E-state index in [0.717, 1.165) is 23.3 Å². The molecule has 29 heavy (non-hydrogen) atoms. The Morgan fingerprint density at radius 1 is 0.966 bits per heavy atom. The van der Waals surface area contributed by atoms with Crippen molar-refractivity contribution in [2.75, 3.05) is 5.32 Å². The van der Waals surface area contributed by atoms with Crippen molar-refractivity contribution >= 4 is 17.5 Å². The maximum absolute atomic E-state index is 14.0. The van der Waals surface area contributed by atoms with Crippen LogP contribution in [0.3, 0.4) is 0 Å². The number of carbonyl (C=O) groups excluding carboxylic acids is 2. The fraction of sp³-hybridized carbons (Fsp3) is 0.143. The van der Waals surface area contributed by atoms with E-state index in [2.05, 4.69) is 5.32 Å². The van der Waals surface area contributed by atoms with Crippen LogP contribution >= 0.6 is 0 Å². The zero-order valence-corrected chi connectivity index (χ0v) is 15.0. The Morgan fingerprint density at radius 3 is 2.45 bits per heavy atom. The molecule has 2 amide bonds. The normalized spacial score (nSPS) is 15.7. The van der Waals surface area contributed by atoms with Crippen molar-refractivity contribution in [1.29, 1.82) is 0 Å². The minimum atomic E-state index is -1.68. The number of hydrogen-bond acceptors (Lipinski definition) is 3. The minimum Gasteiger partial charge on any atom is -0.459 e. The minimum absolute atomic E-state index is 0.0567. The third-order valence-corrected chi connectivity index (χ3v) is 4.84. The molecule has 1 N–H and O–H groups in total. The third-order valence-electron chi connectivity index (χ3n) is 4.84. The number of fused-ring (bicyclic) bond motifs is 1. The van der Waals surface area contributed by atoms with Crippen LogP contribution < -0.4 is 5.32 Å². The van der Waals surface area contributed by atoms with Crippen LogP contribution in [0.4, 0.5) is 18.9 Å². The smallest absolute Gasteiger partial charge is 0.290 e. The summed E-state index contributed by atoms with van der Waals surface area (Å²) in [5.41, 5.74) is 1.23. The zero-order valence-electron chi connectivity index (χ0n) is 15.0. The van der Waals surface area contributed by atoms with Gasteiger partial charge in [0.05, 0.1) is 12.0 Å². The summed E-state index contributed by atoms with van der Waals surface area (Å²) in [5.74, 6) is -5.71. The van der Waals surface area contributed by atoms with E-state index in [9.17, 15) is 22.8 Å². The zero-order chi connectivity index (χ0) is 20.5. The van der Waals surface area contributed by atoms with Crippen molar-refractivity contribution in [3.05, 3.63) is 89.1 Å². The Kier molecular flexibility index (Phi) is 4.84. The van der Waals surface area contributed by atoms with Gasteiger partial charge in [-0.2, -0.15) is 0 Å². The van der Waals surface area contributed by atoms with E-state index >= 15 is 0 Å². The number of nitrogens with zero attached hydrogens (tertiary/aromatic N) is 1. The van der Waals surface area contributed by atoms with Crippen molar-refractivity contribution in [3.63, 3.8) is 0 Å². The molecule has 0 radical (unpaired) electrons. The fourth-order valence-corrected chi connectivity index (χ4v) is 3.35. The number of rotatable bonds is 3. The van der Waals surface area contributed by atoms with Gasteiger partial charge in [0.1, 0.15) is 6.04 Å². The summed E-state index contributed by atoms with van der Waals surface area (Å²) in [6.45, 7) is 0.147. The van der Waals surface area contributed by atoms with Gasteiger partial charge in [-0.1, -0.05) is 24.3 Å². The van der Waals surface area contributed by atoms with Crippen LogP contribution in [0, 0.1) is 17.5 Å². The average molecular weight is 400 g/mol. The summed E-state index contributed by atoms with van der Waals surface area (Å²) >= 11 is 0. The molecule has 1 atom stereocenters. The molecule has 1 aliphatic rings. The van der Waals surface area contributed by atoms with Gasteiger partial charge in [-0.3, -0.25) is 9.59 Å². The SMILES string of the molecule is O=C(Nc1ccc(F)c(F)c1F)[C@@H]1Cc2ccccc2CN1C(=O)c1ccco1. The molecule has 4 rings (SSSR count). The van der Waals surface area contributed by atoms with Crippen LogP contribution in [0.2, 0.25) is 0 Å². The van der Waals surface area contributed by atoms with E-state index < -0.39 is 41.0 Å². The number of benzene rings is 2. The van der Waals surface area contributed by atoms with Crippen LogP contribution in [0.25, 0.3) is 0 Å². The highest BCUT2D eigenvalue weighted by Crippen LogP contribution is 2.27. The molecule has 2 heterocycles. The number of hydrogen-bond donors (Lipinski definition) is 1. The van der Waals surface area contributed by atoms with Crippen molar-refractivity contribution < 1.29 is 27.2 Å². The van der Waals surface area contributed by atoms with Crippen molar-refractivity contribution in [2.24, 2.45) is 0 Å². The van der Waals surface area contributed by atoms with Crippen LogP contribution in [0.1, 0.15) is 21.7 Å². The standard InChI is InChI=1S/C21H15F3N2O3/c22-14-7-8-15(19(24)18(14)23)25-20(27)16-10-12-4-1-2-5-13(12)11-26(16)21(28)17-6-3-9-29-17/h1-9,16H,10-11H2,(H,25,27)/t16-/m0/s1. The van der Waals surface area contributed by atoms with E-state index in [4.69, 9.17) is 4.42 Å². The first-order valence-corrected chi connectivity index (χ1v) is 8.81. The first-order chi connectivity index (χ1) is 14.0. The topological polar surface area (TPSA) is 62.6 Å². The monoisotopic (exact) mass is 400 g/mol. The lowest BCUT2D eigenvalue weighted by molar-refractivity contribution is -0.121. The molecule has 1 aliphatic heterocycles. The van der Waals surface area contributed by atoms with Gasteiger partial charge in [0.2, 0.25) is 5.91 Å². The van der Waals surface area contributed by atoms with E-state index in [1.807, 2.05) is 24.3 Å². The summed E-state index contributed by atoms with van der Waals surface area (Å²) in [7, 11) is 0. The molecular weight excluding hydrogens is 385 g/mol. The van der Waals surface area contributed by atoms with E-state index in [-0.39, 0.29) is 18.7 Å². The summed E-state index contributed by atoms with van der Waals surface area (Å²) in [4.78, 5) is 27.1. The quantitative estimate of drug-likeness (QED) is 0.679. The van der Waals surface area contributed by atoms with Gasteiger partial charge in [0, 0.05) is 13.0 Å². The van der Waals surface area contributed by atoms with Crippen LogP contribution in [0.5, 0.6) is 0 Å². The molecule has 1 aromatic heterocycles. The summed E-state index contributed by atoms with van der Waals surface area (Å²) in [5, 5.41) is 2.26.